The summed E-state index contributed by atoms with van der Waals surface area (Å²) in [5.41, 5.74) is 0. The van der Waals surface area contributed by atoms with Crippen LogP contribution in [-0.4, -0.2) is 107 Å². The molecule has 1 rings (SSSR count). The van der Waals surface area contributed by atoms with Crippen LogP contribution in [0, 0.1) is 0 Å². The highest BCUT2D eigenvalue weighted by molar-refractivity contribution is 8.54. The van der Waals surface area contributed by atoms with Crippen LogP contribution in [0.15, 0.2) is 0 Å². The van der Waals surface area contributed by atoms with Crippen molar-refractivity contribution in [2.75, 3.05) is 12.4 Å². The number of rotatable bonds is 24. The van der Waals surface area contributed by atoms with Gasteiger partial charge in [0.2, 0.25) is 0 Å². The molecule has 1 saturated carbocycles. The zero-order valence-corrected chi connectivity index (χ0v) is 29.9. The molecule has 47 heavy (non-hydrogen) atoms. The van der Waals surface area contributed by atoms with E-state index in [-0.39, 0.29) is 24.2 Å². The fourth-order valence-corrected chi connectivity index (χ4v) is 8.38. The number of ether oxygens (including phenoxy) is 2. The summed E-state index contributed by atoms with van der Waals surface area (Å²) in [6.45, 7) is -1.37. The Bertz CT molecular complexity index is 1090. The highest BCUT2D eigenvalue weighted by atomic mass is 32.7. The van der Waals surface area contributed by atoms with Gasteiger partial charge in [-0.15, -0.1) is 0 Å². The fourth-order valence-electron chi connectivity index (χ4n) is 4.58. The van der Waals surface area contributed by atoms with Crippen LogP contribution in [0.3, 0.4) is 0 Å². The van der Waals surface area contributed by atoms with E-state index in [1.165, 1.54) is 0 Å². The van der Waals surface area contributed by atoms with Crippen LogP contribution in [0.5, 0.6) is 0 Å². The molecule has 1 fully saturated rings. The highest BCUT2D eigenvalue weighted by Gasteiger charge is 2.56. The van der Waals surface area contributed by atoms with Gasteiger partial charge >= 0.3 is 34.4 Å². The largest absolute Gasteiger partial charge is 0.470 e. The summed E-state index contributed by atoms with van der Waals surface area (Å²) in [6, 6.07) is 0. The summed E-state index contributed by atoms with van der Waals surface area (Å²) in [5.74, 6) is -1.71. The number of phosphoric ester groups is 2. The third-order valence-electron chi connectivity index (χ3n) is 6.91. The van der Waals surface area contributed by atoms with Gasteiger partial charge in [-0.1, -0.05) is 65.2 Å². The van der Waals surface area contributed by atoms with Gasteiger partial charge in [0, 0.05) is 18.6 Å². The molecule has 0 heterocycles. The van der Waals surface area contributed by atoms with Gasteiger partial charge in [-0.3, -0.25) is 23.2 Å². The summed E-state index contributed by atoms with van der Waals surface area (Å²) >= 11 is 0.133. The van der Waals surface area contributed by atoms with Gasteiger partial charge < -0.3 is 49.3 Å². The summed E-state index contributed by atoms with van der Waals surface area (Å²) < 4.78 is 60.0. The minimum absolute atomic E-state index is 0.0424. The van der Waals surface area contributed by atoms with Crippen LogP contribution >= 0.6 is 33.8 Å². The van der Waals surface area contributed by atoms with Crippen LogP contribution in [0.4, 0.5) is 0 Å². The number of hydrogen-bond acceptors (Lipinski definition) is 14. The Kier molecular flexibility index (Phi) is 20.6. The van der Waals surface area contributed by atoms with Gasteiger partial charge in [0.05, 0.1) is 0 Å². The molecule has 0 aromatic carbocycles. The number of esters is 2. The average molecular weight is 763 g/mol. The maximum Gasteiger partial charge on any atom is 0.470 e. The summed E-state index contributed by atoms with van der Waals surface area (Å²) in [6.07, 6.45) is -6.96. The molecule has 0 aromatic heterocycles. The van der Waals surface area contributed by atoms with Gasteiger partial charge in [0.15, 0.2) is 0 Å². The first-order valence-electron chi connectivity index (χ1n) is 15.3. The number of aliphatic hydroxyl groups excluding tert-OH is 3. The fraction of sp³-hybridized carbons (Fsp3) is 0.920. The summed E-state index contributed by atoms with van der Waals surface area (Å²) in [5, 5.41) is 31.5. The highest BCUT2D eigenvalue weighted by Crippen LogP contribution is 2.58. The van der Waals surface area contributed by atoms with Crippen LogP contribution in [0.2, 0.25) is 0 Å². The Balaban J connectivity index is 2.98. The first-order valence-corrected chi connectivity index (χ1v) is 21.6. The van der Waals surface area contributed by atoms with E-state index in [0.29, 0.717) is 12.8 Å². The van der Waals surface area contributed by atoms with Gasteiger partial charge in [-0.2, -0.15) is 0 Å². The van der Waals surface area contributed by atoms with E-state index in [1.54, 1.807) is 0 Å². The number of aliphatic hydroxyl groups is 3. The Hall–Kier alpha value is -0.460. The monoisotopic (exact) mass is 762 g/mol. The molecule has 1 aliphatic carbocycles. The predicted octanol–water partition coefficient (Wildman–Crippen LogP) is 2.43. The molecule has 18 nitrogen and oxygen atoms in total. The maximum absolute atomic E-state index is 13.0. The van der Waals surface area contributed by atoms with Crippen LogP contribution in [-0.2, 0) is 46.3 Å². The molecular weight excluding hydrogens is 713 g/mol. The molecule has 8 N–H and O–H groups in total. The first kappa shape index (κ1) is 44.6. The summed E-state index contributed by atoms with van der Waals surface area (Å²) in [7, 11) is -11.0. The third-order valence-corrected chi connectivity index (χ3v) is 11.0. The molecule has 0 radical (unpaired) electrons. The lowest BCUT2D eigenvalue weighted by atomic mass is 9.85. The van der Waals surface area contributed by atoms with Crippen molar-refractivity contribution < 1.29 is 86.1 Å². The first-order chi connectivity index (χ1) is 21.8. The molecule has 0 aromatic rings. The van der Waals surface area contributed by atoms with Crippen molar-refractivity contribution in [2.24, 2.45) is 0 Å². The molecule has 0 bridgehead atoms. The van der Waals surface area contributed by atoms with E-state index in [1.807, 2.05) is 6.92 Å². The molecule has 0 saturated heterocycles. The van der Waals surface area contributed by atoms with Crippen molar-refractivity contribution >= 4 is 45.8 Å². The third kappa shape index (κ3) is 18.9. The molecule has 0 spiro atoms. The number of carbonyl (C=O) groups is 2. The molecule has 8 unspecified atom stereocenters. The predicted molar refractivity (Wildman–Crippen MR) is 167 cm³/mol. The SMILES string of the molecule is CCCCCCCC(=O)OCC(CSP(=O)(O)OC1C(O)C(O)C(OP(=O)(O)O)C(OP(=O)(O)O)C1O)OC(=O)CCCCCCC. The second-order valence-corrected chi connectivity index (χ2v) is 17.3. The standard InChI is InChI=1S/C25H49O18P3S/c1-3-5-7-9-11-13-18(26)39-15-17(40-19(27)14-12-10-8-6-4-2)16-47-46(37,38)43-23-20(28)21(29)24(41-44(31,32)33)25(22(23)30)42-45(34,35)36/h17,20-25,28-30H,3-16H2,1-2H3,(H,37,38)(H2,31,32,33)(H2,34,35,36). The van der Waals surface area contributed by atoms with E-state index in [9.17, 15) is 53.3 Å². The Morgan fingerprint density at radius 1 is 0.638 bits per heavy atom. The average Bonchev–Trinajstić information content (AvgIpc) is 2.96. The molecule has 1 aliphatic rings. The topological polar surface area (TPSA) is 293 Å². The van der Waals surface area contributed by atoms with E-state index in [4.69, 9.17) is 23.8 Å². The van der Waals surface area contributed by atoms with E-state index >= 15 is 0 Å². The second-order valence-electron chi connectivity index (χ2n) is 11.1. The van der Waals surface area contributed by atoms with Crippen LogP contribution < -0.4 is 0 Å². The van der Waals surface area contributed by atoms with Crippen LogP contribution in [0.1, 0.15) is 90.9 Å². The molecule has 8 atom stereocenters. The zero-order valence-electron chi connectivity index (χ0n) is 26.4. The lowest BCUT2D eigenvalue weighted by molar-refractivity contribution is -0.210. The van der Waals surface area contributed by atoms with Gasteiger partial charge in [0.1, 0.15) is 49.3 Å². The van der Waals surface area contributed by atoms with Gasteiger partial charge in [0.25, 0.3) is 0 Å². The second kappa shape index (κ2) is 21.7. The Morgan fingerprint density at radius 3 is 1.57 bits per heavy atom. The van der Waals surface area contributed by atoms with E-state index in [2.05, 4.69) is 16.0 Å². The van der Waals surface area contributed by atoms with Crippen molar-refractivity contribution in [3.63, 3.8) is 0 Å². The number of phosphoric acid groups is 2. The number of carbonyl (C=O) groups excluding carboxylic acids is 2. The van der Waals surface area contributed by atoms with Crippen molar-refractivity contribution in [2.45, 2.75) is 134 Å². The lowest BCUT2D eigenvalue weighted by Gasteiger charge is -2.44. The maximum atomic E-state index is 13.0. The summed E-state index contributed by atoms with van der Waals surface area (Å²) in [4.78, 5) is 71.9. The van der Waals surface area contributed by atoms with Crippen molar-refractivity contribution in [3.8, 4) is 0 Å². The molecule has 0 aliphatic heterocycles. The molecule has 22 heteroatoms. The quantitative estimate of drug-likeness (QED) is 0.0398. The number of hydrogen-bond donors (Lipinski definition) is 8. The van der Waals surface area contributed by atoms with E-state index in [0.717, 1.165) is 51.4 Å². The minimum atomic E-state index is -5.55. The molecular formula is C25H49O18P3S. The molecule has 0 amide bonds. The molecule has 278 valence electrons. The smallest absolute Gasteiger partial charge is 0.462 e. The minimum Gasteiger partial charge on any atom is -0.462 e. The van der Waals surface area contributed by atoms with Crippen LogP contribution in [0.25, 0.3) is 0 Å². The van der Waals surface area contributed by atoms with Gasteiger partial charge in [-0.05, 0) is 24.2 Å². The van der Waals surface area contributed by atoms with Crippen molar-refractivity contribution in [1.29, 1.82) is 0 Å². The lowest BCUT2D eigenvalue weighted by Crippen LogP contribution is -2.65. The normalized spacial score (nSPS) is 25.6. The Morgan fingerprint density at radius 2 is 1.09 bits per heavy atom. The Labute approximate surface area is 277 Å². The number of unbranched alkanes of at least 4 members (excludes halogenated alkanes) is 8. The zero-order chi connectivity index (χ0) is 35.8. The van der Waals surface area contributed by atoms with Crippen molar-refractivity contribution in [3.05, 3.63) is 0 Å². The van der Waals surface area contributed by atoms with E-state index < -0.39 is 89.5 Å². The van der Waals surface area contributed by atoms with Gasteiger partial charge in [-0.25, -0.2) is 13.7 Å². The van der Waals surface area contributed by atoms with Crippen molar-refractivity contribution in [1.82, 2.24) is 0 Å².